The summed E-state index contributed by atoms with van der Waals surface area (Å²) in [6, 6.07) is 15.0. The summed E-state index contributed by atoms with van der Waals surface area (Å²) in [5.41, 5.74) is 9.08. The predicted molar refractivity (Wildman–Crippen MR) is 104 cm³/mol. The molecular weight excluding hydrogens is 308 g/mol. The average Bonchev–Trinajstić information content (AvgIpc) is 3.00. The van der Waals surface area contributed by atoms with E-state index in [9.17, 15) is 0 Å². The second kappa shape index (κ2) is 6.49. The minimum atomic E-state index is 0. The number of pyridine rings is 2. The largest absolute Gasteiger partial charge is 0.355 e. The van der Waals surface area contributed by atoms with E-state index < -0.39 is 0 Å². The maximum Gasteiger partial charge on any atom is 0.0466 e. The van der Waals surface area contributed by atoms with Crippen LogP contribution in [0.4, 0.5) is 0 Å². The summed E-state index contributed by atoms with van der Waals surface area (Å²) in [6.45, 7) is 6.15. The molecule has 0 radical (unpaired) electrons. The summed E-state index contributed by atoms with van der Waals surface area (Å²) in [4.78, 5) is 12.2. The van der Waals surface area contributed by atoms with Crippen molar-refractivity contribution in [3.8, 4) is 22.4 Å². The van der Waals surface area contributed by atoms with Crippen LogP contribution in [0.3, 0.4) is 0 Å². The first-order valence-corrected chi connectivity index (χ1v) is 8.09. The van der Waals surface area contributed by atoms with Gasteiger partial charge in [-0.3, -0.25) is 9.97 Å². The van der Waals surface area contributed by atoms with Gasteiger partial charge in [0, 0.05) is 51.5 Å². The number of nitrogens with one attached hydrogen (secondary N) is 1. The zero-order valence-corrected chi connectivity index (χ0v) is 14.8. The first kappa shape index (κ1) is 16.9. The molecule has 0 spiro atoms. The van der Waals surface area contributed by atoms with Crippen LogP contribution in [0.25, 0.3) is 33.3 Å². The van der Waals surface area contributed by atoms with Gasteiger partial charge < -0.3 is 11.1 Å². The van der Waals surface area contributed by atoms with Crippen molar-refractivity contribution in [2.75, 3.05) is 0 Å². The smallest absolute Gasteiger partial charge is 0.0466 e. The first-order chi connectivity index (χ1) is 11.6. The summed E-state index contributed by atoms with van der Waals surface area (Å²) < 4.78 is 0. The fourth-order valence-electron chi connectivity index (χ4n) is 2.98. The lowest BCUT2D eigenvalue weighted by Gasteiger charge is -2.05. The maximum absolute atomic E-state index is 4.48. The Hall–Kier alpha value is -2.98. The Bertz CT molecular complexity index is 1050. The van der Waals surface area contributed by atoms with Crippen LogP contribution >= 0.6 is 0 Å². The normalized spacial score (nSPS) is 10.7. The standard InChI is InChI=1S/C21H19N3.H3N/c1-13-8-19(12-23-15(13)3)16-4-5-20-18(10-16)11-21(24-20)17-6-7-22-14(2)9-17;/h4-12,24H,1-3H3;1H3. The lowest BCUT2D eigenvalue weighted by atomic mass is 10.0. The van der Waals surface area contributed by atoms with Crippen LogP contribution in [0.1, 0.15) is 17.0 Å². The van der Waals surface area contributed by atoms with Gasteiger partial charge in [-0.15, -0.1) is 0 Å². The summed E-state index contributed by atoms with van der Waals surface area (Å²) in [5.74, 6) is 0. The number of hydrogen-bond donors (Lipinski definition) is 2. The Kier molecular flexibility index (Phi) is 4.38. The summed E-state index contributed by atoms with van der Waals surface area (Å²) in [7, 11) is 0. The molecule has 3 aromatic heterocycles. The molecule has 0 aliphatic heterocycles. The number of rotatable bonds is 2. The SMILES string of the molecule is Cc1cc(-c2cc3cc(-c4cnc(C)c(C)c4)ccc3[nH]2)ccn1.N. The van der Waals surface area contributed by atoms with Crippen molar-refractivity contribution in [2.24, 2.45) is 0 Å². The second-order valence-electron chi connectivity index (χ2n) is 6.30. The molecule has 3 heterocycles. The molecule has 0 saturated carbocycles. The molecule has 0 saturated heterocycles. The van der Waals surface area contributed by atoms with Crippen molar-refractivity contribution >= 4 is 10.9 Å². The molecule has 0 amide bonds. The summed E-state index contributed by atoms with van der Waals surface area (Å²) in [5, 5.41) is 1.20. The van der Waals surface area contributed by atoms with Gasteiger partial charge in [0.15, 0.2) is 0 Å². The first-order valence-electron chi connectivity index (χ1n) is 8.09. The van der Waals surface area contributed by atoms with Crippen LogP contribution in [0, 0.1) is 20.8 Å². The molecule has 4 nitrogen and oxygen atoms in total. The van der Waals surface area contributed by atoms with Crippen LogP contribution < -0.4 is 6.15 Å². The molecular formula is C21H22N4. The highest BCUT2D eigenvalue weighted by atomic mass is 14.7. The van der Waals surface area contributed by atoms with E-state index in [-0.39, 0.29) is 6.15 Å². The van der Waals surface area contributed by atoms with Crippen molar-refractivity contribution in [3.63, 3.8) is 0 Å². The highest BCUT2D eigenvalue weighted by Gasteiger charge is 2.07. The van der Waals surface area contributed by atoms with E-state index in [0.29, 0.717) is 0 Å². The third-order valence-corrected chi connectivity index (χ3v) is 4.50. The molecule has 4 rings (SSSR count). The zero-order valence-electron chi connectivity index (χ0n) is 14.8. The number of aromatic nitrogens is 3. The molecule has 0 atom stereocenters. The molecule has 4 aromatic rings. The Morgan fingerprint density at radius 2 is 1.64 bits per heavy atom. The molecule has 0 aliphatic rings. The Morgan fingerprint density at radius 1 is 0.800 bits per heavy atom. The Morgan fingerprint density at radius 3 is 2.40 bits per heavy atom. The number of H-pyrrole nitrogens is 1. The van der Waals surface area contributed by atoms with Crippen LogP contribution in [-0.2, 0) is 0 Å². The fraction of sp³-hybridized carbons (Fsp3) is 0.143. The van der Waals surface area contributed by atoms with E-state index in [1.54, 1.807) is 0 Å². The van der Waals surface area contributed by atoms with Crippen LogP contribution in [0.5, 0.6) is 0 Å². The van der Waals surface area contributed by atoms with Gasteiger partial charge in [0.05, 0.1) is 0 Å². The third-order valence-electron chi connectivity index (χ3n) is 4.50. The van der Waals surface area contributed by atoms with Crippen molar-refractivity contribution in [1.29, 1.82) is 0 Å². The second-order valence-corrected chi connectivity index (χ2v) is 6.30. The molecule has 0 fully saturated rings. The number of aryl methyl sites for hydroxylation is 3. The highest BCUT2D eigenvalue weighted by molar-refractivity contribution is 5.89. The van der Waals surface area contributed by atoms with Gasteiger partial charge >= 0.3 is 0 Å². The third kappa shape index (κ3) is 3.16. The van der Waals surface area contributed by atoms with E-state index >= 15 is 0 Å². The lowest BCUT2D eigenvalue weighted by molar-refractivity contribution is 1.15. The fourth-order valence-corrected chi connectivity index (χ4v) is 2.98. The van der Waals surface area contributed by atoms with E-state index in [1.807, 2.05) is 32.3 Å². The topological polar surface area (TPSA) is 76.6 Å². The van der Waals surface area contributed by atoms with Gasteiger partial charge in [0.1, 0.15) is 0 Å². The number of benzene rings is 1. The van der Waals surface area contributed by atoms with Gasteiger partial charge in [-0.1, -0.05) is 6.07 Å². The van der Waals surface area contributed by atoms with Gasteiger partial charge in [0.2, 0.25) is 0 Å². The van der Waals surface area contributed by atoms with E-state index in [4.69, 9.17) is 0 Å². The summed E-state index contributed by atoms with van der Waals surface area (Å²) >= 11 is 0. The lowest BCUT2D eigenvalue weighted by Crippen LogP contribution is -1.88. The van der Waals surface area contributed by atoms with Crippen molar-refractivity contribution < 1.29 is 0 Å². The minimum absolute atomic E-state index is 0. The van der Waals surface area contributed by atoms with Crippen molar-refractivity contribution in [3.05, 3.63) is 71.8 Å². The molecule has 4 N–H and O–H groups in total. The average molecular weight is 330 g/mol. The quantitative estimate of drug-likeness (QED) is 0.518. The van der Waals surface area contributed by atoms with Crippen LogP contribution in [-0.4, -0.2) is 15.0 Å². The number of aromatic amines is 1. The van der Waals surface area contributed by atoms with E-state index in [0.717, 1.165) is 33.7 Å². The van der Waals surface area contributed by atoms with Gasteiger partial charge in [-0.2, -0.15) is 0 Å². The zero-order chi connectivity index (χ0) is 16.7. The molecule has 126 valence electrons. The molecule has 0 unspecified atom stereocenters. The number of fused-ring (bicyclic) bond motifs is 1. The van der Waals surface area contributed by atoms with Crippen molar-refractivity contribution in [1.82, 2.24) is 21.1 Å². The van der Waals surface area contributed by atoms with E-state index in [2.05, 4.69) is 58.3 Å². The molecule has 25 heavy (non-hydrogen) atoms. The van der Waals surface area contributed by atoms with Crippen LogP contribution in [0.2, 0.25) is 0 Å². The van der Waals surface area contributed by atoms with Gasteiger partial charge in [0.25, 0.3) is 0 Å². The molecule has 0 bridgehead atoms. The van der Waals surface area contributed by atoms with E-state index in [1.165, 1.54) is 16.5 Å². The van der Waals surface area contributed by atoms with Crippen LogP contribution in [0.15, 0.2) is 54.9 Å². The van der Waals surface area contributed by atoms with Gasteiger partial charge in [-0.05, 0) is 68.3 Å². The Labute approximate surface area is 147 Å². The predicted octanol–water partition coefficient (Wildman–Crippen LogP) is 5.38. The van der Waals surface area contributed by atoms with Gasteiger partial charge in [-0.25, -0.2) is 0 Å². The molecule has 1 aromatic carbocycles. The highest BCUT2D eigenvalue weighted by Crippen LogP contribution is 2.29. The monoisotopic (exact) mass is 330 g/mol. The maximum atomic E-state index is 4.48. The number of nitrogens with zero attached hydrogens (tertiary/aromatic N) is 2. The Balaban J connectivity index is 0.00000182. The molecule has 0 aliphatic carbocycles. The minimum Gasteiger partial charge on any atom is -0.355 e. The van der Waals surface area contributed by atoms with Crippen molar-refractivity contribution in [2.45, 2.75) is 20.8 Å². The number of hydrogen-bond acceptors (Lipinski definition) is 3. The molecule has 4 heteroatoms. The summed E-state index contributed by atoms with van der Waals surface area (Å²) in [6.07, 6.45) is 3.80.